The van der Waals surface area contributed by atoms with Gasteiger partial charge in [-0.05, 0) is 0 Å². The molecular formula is HCl3NaO4P. The molecule has 0 saturated carbocycles. The molecule has 0 amide bonds. The fourth-order valence-corrected chi connectivity index (χ4v) is 0.862. The Morgan fingerprint density at radius 3 is 1.33 bits per heavy atom. The zero-order chi connectivity index (χ0) is 6.62. The number of rotatable bonds is 3. The normalized spacial score (nSPS) is 10.6. The molecule has 0 rings (SSSR count). The molecule has 0 aromatic rings. The fraction of sp³-hybridized carbons (Fsp3) is 0. The standard InChI is InChI=1S/Cl3O4P.Na.H/c1-5-8(4,6-2)7-3;;/q;+1;-1. The Kier molecular flexibility index (Phi) is 10.1. The predicted octanol–water partition coefficient (Wildman–Crippen LogP) is -0.278. The van der Waals surface area contributed by atoms with Crippen molar-refractivity contribution in [3.63, 3.8) is 0 Å². The topological polar surface area (TPSA) is 44.8 Å². The Balaban J connectivity index is -0.000000245. The fourth-order valence-electron chi connectivity index (χ4n) is 0.0319. The minimum Gasteiger partial charge on any atom is -1.00 e. The van der Waals surface area contributed by atoms with Crippen molar-refractivity contribution in [1.29, 1.82) is 0 Å². The summed E-state index contributed by atoms with van der Waals surface area (Å²) in [7, 11) is -3.87. The van der Waals surface area contributed by atoms with E-state index in [2.05, 4.69) is 47.8 Å². The maximum Gasteiger partial charge on any atom is 1.00 e. The Hall–Kier alpha value is 1.98. The van der Waals surface area contributed by atoms with E-state index in [1.807, 2.05) is 0 Å². The molecule has 0 aromatic heterocycles. The van der Waals surface area contributed by atoms with Crippen molar-refractivity contribution in [3.8, 4) is 0 Å². The van der Waals surface area contributed by atoms with Crippen LogP contribution in [-0.2, 0) is 16.8 Å². The van der Waals surface area contributed by atoms with Crippen molar-refractivity contribution < 1.29 is 47.8 Å². The van der Waals surface area contributed by atoms with E-state index in [1.165, 1.54) is 0 Å². The summed E-state index contributed by atoms with van der Waals surface area (Å²) >= 11 is 13.6. The van der Waals surface area contributed by atoms with Crippen LogP contribution in [-0.4, -0.2) is 0 Å². The molecule has 0 aliphatic rings. The molecule has 0 bridgehead atoms. The van der Waals surface area contributed by atoms with Gasteiger partial charge in [0.25, 0.3) is 0 Å². The first-order valence-corrected chi connectivity index (χ1v) is 3.58. The van der Waals surface area contributed by atoms with Crippen LogP contribution in [0.3, 0.4) is 0 Å². The Labute approximate surface area is 90.6 Å². The van der Waals surface area contributed by atoms with Gasteiger partial charge in [-0.3, -0.25) is 0 Å². The van der Waals surface area contributed by atoms with Gasteiger partial charge >= 0.3 is 37.4 Å². The second-order valence-corrected chi connectivity index (χ2v) is 3.20. The molecule has 9 heteroatoms. The maximum atomic E-state index is 10.3. The SMILES string of the molecule is O=P(OCl)(OCl)OCl.[H-].[Na+]. The average molecular weight is 225 g/mol. The first-order valence-electron chi connectivity index (χ1n) is 1.19. The minimum atomic E-state index is -3.87. The van der Waals surface area contributed by atoms with Crippen molar-refractivity contribution in [2.24, 2.45) is 0 Å². The van der Waals surface area contributed by atoms with Gasteiger partial charge in [0.1, 0.15) is 0 Å². The maximum absolute atomic E-state index is 10.3. The van der Waals surface area contributed by atoms with Crippen LogP contribution < -0.4 is 29.6 Å². The molecule has 0 aromatic carbocycles. The summed E-state index contributed by atoms with van der Waals surface area (Å²) in [5.41, 5.74) is 0. The number of hydrogen-bond acceptors (Lipinski definition) is 4. The van der Waals surface area contributed by atoms with Gasteiger partial charge in [-0.25, -0.2) is 4.57 Å². The molecule has 9 heavy (non-hydrogen) atoms. The number of halogens is 3. The Morgan fingerprint density at radius 1 is 1.11 bits per heavy atom. The number of hydrogen-bond donors (Lipinski definition) is 0. The summed E-state index contributed by atoms with van der Waals surface area (Å²) in [5.74, 6) is 0. The van der Waals surface area contributed by atoms with Crippen molar-refractivity contribution in [2.75, 3.05) is 0 Å². The molecule has 52 valence electrons. The third-order valence-electron chi connectivity index (χ3n) is 0.254. The van der Waals surface area contributed by atoms with E-state index in [0.717, 1.165) is 0 Å². The summed E-state index contributed by atoms with van der Waals surface area (Å²) in [6, 6.07) is 0. The Morgan fingerprint density at radius 2 is 1.33 bits per heavy atom. The smallest absolute Gasteiger partial charge is 1.00 e. The van der Waals surface area contributed by atoms with Gasteiger partial charge < -0.3 is 1.43 Å². The van der Waals surface area contributed by atoms with Crippen LogP contribution in [0.1, 0.15) is 1.43 Å². The molecule has 0 unspecified atom stereocenters. The van der Waals surface area contributed by atoms with Crippen LogP contribution in [0.4, 0.5) is 0 Å². The van der Waals surface area contributed by atoms with Gasteiger partial charge in [-0.15, -0.1) is 0 Å². The molecular weight excluding hydrogens is 224 g/mol. The monoisotopic (exact) mass is 224 g/mol. The van der Waals surface area contributed by atoms with Crippen LogP contribution >= 0.6 is 43.4 Å². The molecule has 0 saturated heterocycles. The van der Waals surface area contributed by atoms with Crippen LogP contribution in [0.5, 0.6) is 0 Å². The largest absolute Gasteiger partial charge is 1.00 e. The zero-order valence-electron chi connectivity index (χ0n) is 5.21. The molecule has 4 nitrogen and oxygen atoms in total. The first-order chi connectivity index (χ1) is 3.68. The van der Waals surface area contributed by atoms with Crippen molar-refractivity contribution in [1.82, 2.24) is 0 Å². The van der Waals surface area contributed by atoms with Gasteiger partial charge in [-0.1, -0.05) is 0 Å². The first kappa shape index (κ1) is 13.6. The van der Waals surface area contributed by atoms with E-state index in [9.17, 15) is 4.57 Å². The molecule has 0 fully saturated rings. The van der Waals surface area contributed by atoms with E-state index in [0.29, 0.717) is 0 Å². The van der Waals surface area contributed by atoms with Crippen molar-refractivity contribution >= 4 is 43.4 Å². The minimum absolute atomic E-state index is 0. The predicted molar refractivity (Wildman–Crippen MR) is 29.5 cm³/mol. The van der Waals surface area contributed by atoms with Crippen LogP contribution in [0.15, 0.2) is 0 Å². The van der Waals surface area contributed by atoms with Crippen LogP contribution in [0.25, 0.3) is 0 Å². The molecule has 0 radical (unpaired) electrons. The van der Waals surface area contributed by atoms with E-state index in [-0.39, 0.29) is 31.0 Å². The number of phosphoric acid groups is 1. The third-order valence-corrected chi connectivity index (χ3v) is 2.28. The van der Waals surface area contributed by atoms with Gasteiger partial charge in [-0.2, -0.15) is 12.2 Å². The van der Waals surface area contributed by atoms with Gasteiger partial charge in [0, 0.05) is 0 Å². The summed E-state index contributed by atoms with van der Waals surface area (Å²) in [6.45, 7) is 0. The summed E-state index contributed by atoms with van der Waals surface area (Å²) < 4.78 is 20.9. The summed E-state index contributed by atoms with van der Waals surface area (Å²) in [5, 5.41) is 0. The van der Waals surface area contributed by atoms with Gasteiger partial charge in [0.2, 0.25) is 0 Å². The molecule has 0 aliphatic carbocycles. The van der Waals surface area contributed by atoms with E-state index in [1.54, 1.807) is 0 Å². The van der Waals surface area contributed by atoms with E-state index < -0.39 is 7.82 Å². The summed E-state index contributed by atoms with van der Waals surface area (Å²) in [6.07, 6.45) is 0. The molecule has 0 atom stereocenters. The second-order valence-electron chi connectivity index (χ2n) is 0.654. The zero-order valence-corrected chi connectivity index (χ0v) is 9.38. The molecule has 0 heterocycles. The van der Waals surface area contributed by atoms with Crippen molar-refractivity contribution in [3.05, 3.63) is 0 Å². The third kappa shape index (κ3) is 5.27. The van der Waals surface area contributed by atoms with Crippen LogP contribution in [0.2, 0.25) is 0 Å². The Bertz CT molecular complexity index is 91.7. The molecule has 0 N–H and O–H groups in total. The van der Waals surface area contributed by atoms with E-state index >= 15 is 0 Å². The average Bonchev–Trinajstić information content (AvgIpc) is 1.87. The second kappa shape index (κ2) is 6.68. The van der Waals surface area contributed by atoms with Crippen LogP contribution in [0, 0.1) is 0 Å². The quantitative estimate of drug-likeness (QED) is 0.489. The van der Waals surface area contributed by atoms with Gasteiger partial charge in [0.05, 0.1) is 35.6 Å². The van der Waals surface area contributed by atoms with Crippen molar-refractivity contribution in [2.45, 2.75) is 0 Å². The molecule has 0 spiro atoms. The summed E-state index contributed by atoms with van der Waals surface area (Å²) in [4.78, 5) is 0. The van der Waals surface area contributed by atoms with Gasteiger partial charge in [0.15, 0.2) is 0 Å². The molecule has 0 aliphatic heterocycles. The van der Waals surface area contributed by atoms with E-state index in [4.69, 9.17) is 0 Å².